The molecule has 3 atom stereocenters. The average Bonchev–Trinajstić information content (AvgIpc) is 3.23. The Labute approximate surface area is 149 Å². The number of carbonyl (C=O) groups is 1. The minimum Gasteiger partial charge on any atom is -0.376 e. The van der Waals surface area contributed by atoms with Crippen LogP contribution in [0, 0.1) is 13.8 Å². The molecule has 134 valence electrons. The van der Waals surface area contributed by atoms with Crippen molar-refractivity contribution in [3.05, 3.63) is 52.8 Å². The first kappa shape index (κ1) is 17.7. The lowest BCUT2D eigenvalue weighted by Crippen LogP contribution is -2.36. The average molecular weight is 341 g/mol. The van der Waals surface area contributed by atoms with Gasteiger partial charge in [-0.3, -0.25) is 9.89 Å². The van der Waals surface area contributed by atoms with Gasteiger partial charge in [-0.05, 0) is 43.7 Å². The zero-order valence-corrected chi connectivity index (χ0v) is 15.2. The third-order valence-corrected chi connectivity index (χ3v) is 4.98. The molecule has 1 aromatic carbocycles. The number of nitrogens with one attached hydrogen (secondary N) is 2. The van der Waals surface area contributed by atoms with E-state index in [9.17, 15) is 4.79 Å². The number of nitrogens with zero attached hydrogens (tertiary/aromatic N) is 1. The number of H-pyrrole nitrogens is 1. The number of carbonyl (C=O) groups excluding carboxylic acids is 1. The van der Waals surface area contributed by atoms with Crippen molar-refractivity contribution in [3.8, 4) is 0 Å². The van der Waals surface area contributed by atoms with Gasteiger partial charge in [0.05, 0.1) is 17.8 Å². The summed E-state index contributed by atoms with van der Waals surface area (Å²) >= 11 is 0. The van der Waals surface area contributed by atoms with Gasteiger partial charge in [0.25, 0.3) is 0 Å². The Kier molecular flexibility index (Phi) is 5.53. The maximum Gasteiger partial charge on any atom is 0.221 e. The Morgan fingerprint density at radius 1 is 1.36 bits per heavy atom. The van der Waals surface area contributed by atoms with E-state index in [4.69, 9.17) is 4.74 Å². The molecule has 1 fully saturated rings. The van der Waals surface area contributed by atoms with E-state index in [1.807, 2.05) is 32.0 Å². The van der Waals surface area contributed by atoms with Crippen LogP contribution in [0.3, 0.4) is 0 Å². The summed E-state index contributed by atoms with van der Waals surface area (Å²) in [5.41, 5.74) is 4.25. The van der Waals surface area contributed by atoms with E-state index in [-0.39, 0.29) is 24.0 Å². The Morgan fingerprint density at radius 3 is 2.72 bits per heavy atom. The SMILES string of the molecule is Cc1n[nH]c(C)c1[C@H](C)CC(=O)N[C@@H](c1ccccc1)[C@@H]1CCCO1. The summed E-state index contributed by atoms with van der Waals surface area (Å²) < 4.78 is 5.86. The molecule has 0 saturated carbocycles. The van der Waals surface area contributed by atoms with Gasteiger partial charge in [0.2, 0.25) is 5.91 Å². The van der Waals surface area contributed by atoms with Crippen LogP contribution >= 0.6 is 0 Å². The summed E-state index contributed by atoms with van der Waals surface area (Å²) in [5, 5.41) is 10.5. The van der Waals surface area contributed by atoms with E-state index in [1.165, 1.54) is 0 Å². The molecular formula is C20H27N3O2. The molecule has 5 heteroatoms. The second kappa shape index (κ2) is 7.83. The fourth-order valence-electron chi connectivity index (χ4n) is 3.81. The van der Waals surface area contributed by atoms with Gasteiger partial charge >= 0.3 is 0 Å². The number of aromatic nitrogens is 2. The highest BCUT2D eigenvalue weighted by atomic mass is 16.5. The van der Waals surface area contributed by atoms with E-state index in [1.54, 1.807) is 0 Å². The molecule has 0 bridgehead atoms. The first-order chi connectivity index (χ1) is 12.1. The quantitative estimate of drug-likeness (QED) is 0.844. The molecule has 0 aliphatic carbocycles. The maximum atomic E-state index is 12.7. The number of ether oxygens (including phenoxy) is 1. The van der Waals surface area contributed by atoms with E-state index in [2.05, 4.69) is 34.6 Å². The first-order valence-corrected chi connectivity index (χ1v) is 9.03. The van der Waals surface area contributed by atoms with Crippen LogP contribution in [0.2, 0.25) is 0 Å². The van der Waals surface area contributed by atoms with Crippen LogP contribution in [0.15, 0.2) is 30.3 Å². The maximum absolute atomic E-state index is 12.7. The molecular weight excluding hydrogens is 314 g/mol. The molecule has 1 aliphatic heterocycles. The highest BCUT2D eigenvalue weighted by molar-refractivity contribution is 5.77. The van der Waals surface area contributed by atoms with Gasteiger partial charge in [-0.1, -0.05) is 37.3 Å². The van der Waals surface area contributed by atoms with E-state index in [0.717, 1.165) is 42.0 Å². The molecule has 5 nitrogen and oxygen atoms in total. The summed E-state index contributed by atoms with van der Waals surface area (Å²) in [6.45, 7) is 6.83. The van der Waals surface area contributed by atoms with Crippen molar-refractivity contribution in [3.63, 3.8) is 0 Å². The first-order valence-electron chi connectivity index (χ1n) is 9.03. The monoisotopic (exact) mass is 341 g/mol. The van der Waals surface area contributed by atoms with Crippen molar-refractivity contribution in [2.75, 3.05) is 6.61 Å². The van der Waals surface area contributed by atoms with Gasteiger partial charge in [-0.15, -0.1) is 0 Å². The van der Waals surface area contributed by atoms with Crippen LogP contribution in [0.1, 0.15) is 60.7 Å². The van der Waals surface area contributed by atoms with E-state index in [0.29, 0.717) is 6.42 Å². The molecule has 2 aromatic rings. The van der Waals surface area contributed by atoms with Gasteiger partial charge in [-0.2, -0.15) is 5.10 Å². The summed E-state index contributed by atoms with van der Waals surface area (Å²) in [7, 11) is 0. The number of amides is 1. The molecule has 2 heterocycles. The topological polar surface area (TPSA) is 67.0 Å². The van der Waals surface area contributed by atoms with Gasteiger partial charge in [0.15, 0.2) is 0 Å². The fraction of sp³-hybridized carbons (Fsp3) is 0.500. The molecule has 2 N–H and O–H groups in total. The number of benzene rings is 1. The Hall–Kier alpha value is -2.14. The van der Waals surface area contributed by atoms with Crippen molar-refractivity contribution in [2.24, 2.45) is 0 Å². The van der Waals surface area contributed by atoms with Crippen LogP contribution in [0.4, 0.5) is 0 Å². The lowest BCUT2D eigenvalue weighted by atomic mass is 9.94. The summed E-state index contributed by atoms with van der Waals surface area (Å²) in [6.07, 6.45) is 2.53. The second-order valence-corrected chi connectivity index (χ2v) is 6.96. The molecule has 3 rings (SSSR count). The normalized spacial score (nSPS) is 19.6. The molecule has 1 aliphatic rings. The van der Waals surface area contributed by atoms with E-state index < -0.39 is 0 Å². The minimum absolute atomic E-state index is 0.0526. The van der Waals surface area contributed by atoms with Crippen molar-refractivity contribution < 1.29 is 9.53 Å². The van der Waals surface area contributed by atoms with Crippen molar-refractivity contribution in [1.29, 1.82) is 0 Å². The third-order valence-electron chi connectivity index (χ3n) is 4.98. The molecule has 0 spiro atoms. The van der Waals surface area contributed by atoms with Crippen LogP contribution in [0.5, 0.6) is 0 Å². The zero-order chi connectivity index (χ0) is 17.8. The molecule has 1 aromatic heterocycles. The molecule has 1 amide bonds. The predicted molar refractivity (Wildman–Crippen MR) is 97.4 cm³/mol. The number of hydrogen-bond acceptors (Lipinski definition) is 3. The third kappa shape index (κ3) is 4.10. The summed E-state index contributed by atoms with van der Waals surface area (Å²) in [6, 6.07) is 10.0. The lowest BCUT2D eigenvalue weighted by Gasteiger charge is -2.25. The van der Waals surface area contributed by atoms with Crippen LogP contribution in [-0.2, 0) is 9.53 Å². The molecule has 0 radical (unpaired) electrons. The second-order valence-electron chi connectivity index (χ2n) is 6.96. The van der Waals surface area contributed by atoms with Crippen LogP contribution < -0.4 is 5.32 Å². The number of hydrogen-bond donors (Lipinski definition) is 2. The van der Waals surface area contributed by atoms with Gasteiger partial charge < -0.3 is 10.1 Å². The highest BCUT2D eigenvalue weighted by Gasteiger charge is 2.29. The molecule has 0 unspecified atom stereocenters. The number of aromatic amines is 1. The van der Waals surface area contributed by atoms with Gasteiger partial charge in [0, 0.05) is 18.7 Å². The van der Waals surface area contributed by atoms with Gasteiger partial charge in [-0.25, -0.2) is 0 Å². The fourth-order valence-corrected chi connectivity index (χ4v) is 3.81. The molecule has 1 saturated heterocycles. The Balaban J connectivity index is 1.70. The van der Waals surface area contributed by atoms with E-state index >= 15 is 0 Å². The lowest BCUT2D eigenvalue weighted by molar-refractivity contribution is -0.123. The standard InChI is InChI=1S/C20H27N3O2/c1-13(19-14(2)22-23-15(19)3)12-18(24)21-20(17-10-7-11-25-17)16-8-5-4-6-9-16/h4-6,8-9,13,17,20H,7,10-12H2,1-3H3,(H,21,24)(H,22,23)/t13-,17+,20+/m1/s1. The Bertz CT molecular complexity index is 685. The number of aryl methyl sites for hydroxylation is 2. The van der Waals surface area contributed by atoms with Gasteiger partial charge in [0.1, 0.15) is 0 Å². The largest absolute Gasteiger partial charge is 0.376 e. The van der Waals surface area contributed by atoms with Crippen LogP contribution in [-0.4, -0.2) is 28.8 Å². The summed E-state index contributed by atoms with van der Waals surface area (Å²) in [4.78, 5) is 12.7. The zero-order valence-electron chi connectivity index (χ0n) is 15.2. The van der Waals surface area contributed by atoms with Crippen molar-refractivity contribution in [1.82, 2.24) is 15.5 Å². The minimum atomic E-state index is -0.0880. The summed E-state index contributed by atoms with van der Waals surface area (Å²) in [5.74, 6) is 0.177. The smallest absolute Gasteiger partial charge is 0.221 e. The molecule has 25 heavy (non-hydrogen) atoms. The predicted octanol–water partition coefficient (Wildman–Crippen LogP) is 3.56. The number of rotatable bonds is 6. The van der Waals surface area contributed by atoms with Crippen molar-refractivity contribution in [2.45, 2.75) is 58.1 Å². The van der Waals surface area contributed by atoms with Crippen molar-refractivity contribution >= 4 is 5.91 Å². The Morgan fingerprint density at radius 2 is 2.12 bits per heavy atom. The van der Waals surface area contributed by atoms with Crippen LogP contribution in [0.25, 0.3) is 0 Å². The highest BCUT2D eigenvalue weighted by Crippen LogP contribution is 2.28.